The Balaban J connectivity index is 2.27. The highest BCUT2D eigenvalue weighted by atomic mass is 32.1. The Kier molecular flexibility index (Phi) is 4.48. The van der Waals surface area contributed by atoms with E-state index in [0.717, 1.165) is 11.3 Å². The standard InChI is InChI=1S/C16H16N2OS/c1-2-18(14-6-4-3-5-7-14)16(19)13-10-8-12(9-11-13)15(17)20/h3-11H,2H2,1H3,(H2,17,20). The monoisotopic (exact) mass is 284 g/mol. The maximum Gasteiger partial charge on any atom is 0.258 e. The van der Waals surface area contributed by atoms with Crippen molar-refractivity contribution >= 4 is 28.8 Å². The smallest absolute Gasteiger partial charge is 0.258 e. The second-order valence-electron chi connectivity index (χ2n) is 4.33. The molecule has 2 N–H and O–H groups in total. The summed E-state index contributed by atoms with van der Waals surface area (Å²) in [5, 5.41) is 0. The van der Waals surface area contributed by atoms with Gasteiger partial charge in [0.05, 0.1) is 0 Å². The highest BCUT2D eigenvalue weighted by molar-refractivity contribution is 7.80. The van der Waals surface area contributed by atoms with E-state index in [0.29, 0.717) is 17.1 Å². The number of benzene rings is 2. The number of nitrogens with zero attached hydrogens (tertiary/aromatic N) is 1. The van der Waals surface area contributed by atoms with Gasteiger partial charge in [0.1, 0.15) is 4.99 Å². The lowest BCUT2D eigenvalue weighted by molar-refractivity contribution is 0.0988. The molecule has 3 nitrogen and oxygen atoms in total. The topological polar surface area (TPSA) is 46.3 Å². The van der Waals surface area contributed by atoms with E-state index in [-0.39, 0.29) is 5.91 Å². The zero-order chi connectivity index (χ0) is 14.5. The van der Waals surface area contributed by atoms with Gasteiger partial charge < -0.3 is 10.6 Å². The van der Waals surface area contributed by atoms with Crippen molar-refractivity contribution in [2.45, 2.75) is 6.92 Å². The van der Waals surface area contributed by atoms with Gasteiger partial charge in [0, 0.05) is 23.4 Å². The van der Waals surface area contributed by atoms with E-state index in [1.165, 1.54) is 0 Å². The Labute approximate surface area is 124 Å². The molecule has 0 atom stereocenters. The molecular formula is C16H16N2OS. The number of hydrogen-bond acceptors (Lipinski definition) is 2. The first-order valence-electron chi connectivity index (χ1n) is 6.40. The van der Waals surface area contributed by atoms with E-state index in [1.807, 2.05) is 37.3 Å². The van der Waals surface area contributed by atoms with Crippen molar-refractivity contribution in [3.8, 4) is 0 Å². The van der Waals surface area contributed by atoms with Crippen LogP contribution in [-0.4, -0.2) is 17.4 Å². The number of anilines is 1. The predicted molar refractivity (Wildman–Crippen MR) is 86.1 cm³/mol. The SMILES string of the molecule is CCN(C(=O)c1ccc(C(N)=S)cc1)c1ccccc1. The lowest BCUT2D eigenvalue weighted by atomic mass is 10.1. The van der Waals surface area contributed by atoms with Gasteiger partial charge in [-0.1, -0.05) is 42.5 Å². The van der Waals surface area contributed by atoms with Crippen molar-refractivity contribution in [1.82, 2.24) is 0 Å². The second kappa shape index (κ2) is 6.30. The third-order valence-corrected chi connectivity index (χ3v) is 3.28. The molecule has 0 fully saturated rings. The minimum atomic E-state index is -0.0341. The van der Waals surface area contributed by atoms with E-state index in [2.05, 4.69) is 0 Å². The normalized spacial score (nSPS) is 10.1. The van der Waals surface area contributed by atoms with E-state index in [9.17, 15) is 4.79 Å². The van der Waals surface area contributed by atoms with Crippen LogP contribution >= 0.6 is 12.2 Å². The first-order chi connectivity index (χ1) is 9.63. The summed E-state index contributed by atoms with van der Waals surface area (Å²) in [6.45, 7) is 2.56. The van der Waals surface area contributed by atoms with Gasteiger partial charge in [-0.15, -0.1) is 0 Å². The molecule has 1 amide bonds. The highest BCUT2D eigenvalue weighted by Gasteiger charge is 2.15. The molecule has 2 rings (SSSR count). The van der Waals surface area contributed by atoms with E-state index >= 15 is 0 Å². The zero-order valence-corrected chi connectivity index (χ0v) is 12.1. The number of carbonyl (C=O) groups excluding carboxylic acids is 1. The van der Waals surface area contributed by atoms with Crippen LogP contribution in [0.15, 0.2) is 54.6 Å². The van der Waals surface area contributed by atoms with Gasteiger partial charge in [-0.25, -0.2) is 0 Å². The summed E-state index contributed by atoms with van der Waals surface area (Å²) in [5.74, 6) is -0.0341. The Bertz CT molecular complexity index is 608. The van der Waals surface area contributed by atoms with Gasteiger partial charge in [0.15, 0.2) is 0 Å². The van der Waals surface area contributed by atoms with Crippen molar-refractivity contribution in [3.63, 3.8) is 0 Å². The molecule has 0 bridgehead atoms. The summed E-state index contributed by atoms with van der Waals surface area (Å²) in [6, 6.07) is 16.7. The number of hydrogen-bond donors (Lipinski definition) is 1. The minimum absolute atomic E-state index is 0.0341. The number of carbonyl (C=O) groups is 1. The fourth-order valence-corrected chi connectivity index (χ4v) is 2.12. The van der Waals surface area contributed by atoms with Crippen LogP contribution in [0.1, 0.15) is 22.8 Å². The van der Waals surface area contributed by atoms with Crippen LogP contribution in [0, 0.1) is 0 Å². The van der Waals surface area contributed by atoms with Gasteiger partial charge in [-0.2, -0.15) is 0 Å². The fourth-order valence-electron chi connectivity index (χ4n) is 1.98. The lowest BCUT2D eigenvalue weighted by Gasteiger charge is -2.21. The van der Waals surface area contributed by atoms with Gasteiger partial charge in [0.25, 0.3) is 5.91 Å². The van der Waals surface area contributed by atoms with Crippen LogP contribution in [0.4, 0.5) is 5.69 Å². The Morgan fingerprint density at radius 3 is 2.10 bits per heavy atom. The average Bonchev–Trinajstić information content (AvgIpc) is 2.49. The Hall–Kier alpha value is -2.20. The molecule has 0 aliphatic heterocycles. The summed E-state index contributed by atoms with van der Waals surface area (Å²) in [5.41, 5.74) is 7.82. The fraction of sp³-hybridized carbons (Fsp3) is 0.125. The molecule has 2 aromatic rings. The molecule has 20 heavy (non-hydrogen) atoms. The van der Waals surface area contributed by atoms with Gasteiger partial charge in [-0.05, 0) is 31.2 Å². The third kappa shape index (κ3) is 3.03. The summed E-state index contributed by atoms with van der Waals surface area (Å²) in [6.07, 6.45) is 0. The second-order valence-corrected chi connectivity index (χ2v) is 4.77. The summed E-state index contributed by atoms with van der Waals surface area (Å²) in [7, 11) is 0. The number of rotatable bonds is 4. The number of amides is 1. The van der Waals surface area contributed by atoms with Crippen LogP contribution in [0.5, 0.6) is 0 Å². The molecule has 4 heteroatoms. The Morgan fingerprint density at radius 2 is 1.60 bits per heavy atom. The van der Waals surface area contributed by atoms with Crippen LogP contribution in [-0.2, 0) is 0 Å². The van der Waals surface area contributed by atoms with Gasteiger partial charge >= 0.3 is 0 Å². The zero-order valence-electron chi connectivity index (χ0n) is 11.2. The molecule has 0 spiro atoms. The number of nitrogens with two attached hydrogens (primary N) is 1. The Morgan fingerprint density at radius 1 is 1.05 bits per heavy atom. The predicted octanol–water partition coefficient (Wildman–Crippen LogP) is 2.99. The van der Waals surface area contributed by atoms with Crippen molar-refractivity contribution < 1.29 is 4.79 Å². The molecule has 0 radical (unpaired) electrons. The van der Waals surface area contributed by atoms with Crippen molar-refractivity contribution in [1.29, 1.82) is 0 Å². The third-order valence-electron chi connectivity index (χ3n) is 3.05. The molecule has 102 valence electrons. The van der Waals surface area contributed by atoms with Crippen molar-refractivity contribution in [2.75, 3.05) is 11.4 Å². The maximum atomic E-state index is 12.5. The van der Waals surface area contributed by atoms with E-state index in [1.54, 1.807) is 29.2 Å². The van der Waals surface area contributed by atoms with Crippen LogP contribution in [0.2, 0.25) is 0 Å². The van der Waals surface area contributed by atoms with E-state index < -0.39 is 0 Å². The van der Waals surface area contributed by atoms with Gasteiger partial charge in [0.2, 0.25) is 0 Å². The first kappa shape index (κ1) is 14.2. The van der Waals surface area contributed by atoms with Crippen molar-refractivity contribution in [2.24, 2.45) is 5.73 Å². The van der Waals surface area contributed by atoms with Crippen LogP contribution in [0.3, 0.4) is 0 Å². The summed E-state index contributed by atoms with van der Waals surface area (Å²) in [4.78, 5) is 14.6. The van der Waals surface area contributed by atoms with Gasteiger partial charge in [-0.3, -0.25) is 4.79 Å². The molecule has 0 aliphatic carbocycles. The van der Waals surface area contributed by atoms with Crippen LogP contribution < -0.4 is 10.6 Å². The first-order valence-corrected chi connectivity index (χ1v) is 6.81. The average molecular weight is 284 g/mol. The summed E-state index contributed by atoms with van der Waals surface area (Å²) >= 11 is 4.90. The highest BCUT2D eigenvalue weighted by Crippen LogP contribution is 2.17. The van der Waals surface area contributed by atoms with Crippen LogP contribution in [0.25, 0.3) is 0 Å². The lowest BCUT2D eigenvalue weighted by Crippen LogP contribution is -2.30. The van der Waals surface area contributed by atoms with Crippen molar-refractivity contribution in [3.05, 3.63) is 65.7 Å². The summed E-state index contributed by atoms with van der Waals surface area (Å²) < 4.78 is 0. The molecular weight excluding hydrogens is 268 g/mol. The molecule has 0 saturated heterocycles. The maximum absolute atomic E-state index is 12.5. The molecule has 2 aromatic carbocycles. The molecule has 0 aliphatic rings. The number of thiocarbonyl (C=S) groups is 1. The number of para-hydroxylation sites is 1. The molecule has 0 saturated carbocycles. The largest absolute Gasteiger partial charge is 0.389 e. The molecule has 0 heterocycles. The molecule has 0 aromatic heterocycles. The quantitative estimate of drug-likeness (QED) is 0.878. The molecule has 0 unspecified atom stereocenters. The van der Waals surface area contributed by atoms with E-state index in [4.69, 9.17) is 18.0 Å². The minimum Gasteiger partial charge on any atom is -0.389 e.